The number of allylic oxidation sites excluding steroid dienone is 1. The Morgan fingerprint density at radius 2 is 1.58 bits per heavy atom. The summed E-state index contributed by atoms with van der Waals surface area (Å²) < 4.78 is 22.2. The fraction of sp³-hybridized carbons (Fsp3) is 0.444. The van der Waals surface area contributed by atoms with Gasteiger partial charge in [-0.05, 0) is 73.2 Å². The third-order valence-corrected chi connectivity index (χ3v) is 6.41. The zero-order valence-electron chi connectivity index (χ0n) is 19.7. The maximum absolute atomic E-state index is 13.2. The van der Waals surface area contributed by atoms with E-state index in [-0.39, 0.29) is 5.78 Å². The summed E-state index contributed by atoms with van der Waals surface area (Å²) in [5.74, 6) is 2.57. The average Bonchev–Trinajstić information content (AvgIpc) is 2.84. The number of benzene rings is 2. The molecule has 0 atom stereocenters. The van der Waals surface area contributed by atoms with E-state index in [4.69, 9.17) is 18.9 Å². The zero-order chi connectivity index (χ0) is 23.6. The van der Waals surface area contributed by atoms with Crippen molar-refractivity contribution >= 4 is 27.8 Å². The summed E-state index contributed by atoms with van der Waals surface area (Å²) in [6, 6.07) is 9.53. The molecule has 3 rings (SSSR count). The number of hydrogen-bond donors (Lipinski definition) is 0. The van der Waals surface area contributed by atoms with Crippen LogP contribution in [-0.2, 0) is 6.42 Å². The van der Waals surface area contributed by atoms with Gasteiger partial charge in [-0.15, -0.1) is 0 Å². The van der Waals surface area contributed by atoms with Gasteiger partial charge >= 0.3 is 0 Å². The van der Waals surface area contributed by atoms with Crippen LogP contribution in [0.25, 0.3) is 6.08 Å². The number of ketones is 1. The third-order valence-electron chi connectivity index (χ3n) is 5.85. The molecule has 0 unspecified atom stereocenters. The number of Topliss-reactive ketones (excluding diaryl/α,β-unsaturated/α-hetero) is 1. The van der Waals surface area contributed by atoms with E-state index in [1.165, 1.54) is 25.7 Å². The van der Waals surface area contributed by atoms with Crippen LogP contribution in [0.1, 0.15) is 60.0 Å². The number of halogens is 1. The minimum atomic E-state index is 0.0587. The Morgan fingerprint density at radius 3 is 2.24 bits per heavy atom. The number of alkyl halides is 1. The summed E-state index contributed by atoms with van der Waals surface area (Å²) in [4.78, 5) is 13.2. The van der Waals surface area contributed by atoms with Crippen LogP contribution in [0.2, 0.25) is 0 Å². The molecule has 1 aliphatic carbocycles. The minimum absolute atomic E-state index is 0.0587. The molecule has 5 nitrogen and oxygen atoms in total. The molecule has 0 aromatic heterocycles. The molecule has 0 saturated heterocycles. The molecule has 2 aromatic rings. The van der Waals surface area contributed by atoms with Gasteiger partial charge in [-0.1, -0.05) is 35.2 Å². The second-order valence-electron chi connectivity index (χ2n) is 8.08. The number of unbranched alkanes of at least 4 members (excludes halogenated alkanes) is 4. The van der Waals surface area contributed by atoms with E-state index < -0.39 is 0 Å². The van der Waals surface area contributed by atoms with Gasteiger partial charge in [-0.25, -0.2) is 0 Å². The topological polar surface area (TPSA) is 54.0 Å². The number of carbonyl (C=O) groups excluding carboxylic acids is 1. The lowest BCUT2D eigenvalue weighted by Crippen LogP contribution is -2.14. The number of fused-ring (bicyclic) bond motifs is 1. The van der Waals surface area contributed by atoms with Gasteiger partial charge in [-0.2, -0.15) is 0 Å². The first-order chi connectivity index (χ1) is 16.1. The molecule has 1 aliphatic rings. The Bertz CT molecular complexity index is 957. The van der Waals surface area contributed by atoms with E-state index >= 15 is 0 Å². The van der Waals surface area contributed by atoms with Crippen molar-refractivity contribution in [2.24, 2.45) is 0 Å². The molecule has 0 N–H and O–H groups in total. The quantitative estimate of drug-likeness (QED) is 0.179. The molecule has 2 aromatic carbocycles. The maximum Gasteiger partial charge on any atom is 0.203 e. The van der Waals surface area contributed by atoms with Crippen LogP contribution in [0.4, 0.5) is 0 Å². The number of methoxy groups -OCH3 is 3. The Hall–Kier alpha value is -2.47. The Morgan fingerprint density at radius 1 is 0.879 bits per heavy atom. The van der Waals surface area contributed by atoms with Crippen molar-refractivity contribution in [2.75, 3.05) is 33.3 Å². The SMILES string of the molecule is COc1cc(/C=C2\CCc3cc(OCCCCCCCBr)ccc3C2=O)cc(OC)c1OC. The van der Waals surface area contributed by atoms with Crippen molar-refractivity contribution in [3.8, 4) is 23.0 Å². The van der Waals surface area contributed by atoms with Gasteiger partial charge in [-0.3, -0.25) is 4.79 Å². The molecular formula is C27H33BrO5. The Kier molecular flexibility index (Phi) is 9.67. The molecule has 178 valence electrons. The van der Waals surface area contributed by atoms with E-state index in [1.807, 2.05) is 36.4 Å². The lowest BCUT2D eigenvalue weighted by atomic mass is 9.86. The Balaban J connectivity index is 1.68. The highest BCUT2D eigenvalue weighted by atomic mass is 79.9. The van der Waals surface area contributed by atoms with Crippen LogP contribution in [0.15, 0.2) is 35.9 Å². The molecule has 0 heterocycles. The van der Waals surface area contributed by atoms with E-state index in [0.29, 0.717) is 30.3 Å². The van der Waals surface area contributed by atoms with Gasteiger partial charge in [0.05, 0.1) is 27.9 Å². The van der Waals surface area contributed by atoms with E-state index in [1.54, 1.807) is 21.3 Å². The summed E-state index contributed by atoms with van der Waals surface area (Å²) >= 11 is 3.47. The maximum atomic E-state index is 13.2. The monoisotopic (exact) mass is 516 g/mol. The lowest BCUT2D eigenvalue weighted by Gasteiger charge is -2.19. The largest absolute Gasteiger partial charge is 0.494 e. The van der Waals surface area contributed by atoms with Crippen molar-refractivity contribution in [3.05, 3.63) is 52.6 Å². The molecule has 0 bridgehead atoms. The number of ether oxygens (including phenoxy) is 4. The van der Waals surface area contributed by atoms with Crippen molar-refractivity contribution in [2.45, 2.75) is 44.9 Å². The number of aryl methyl sites for hydroxylation is 1. The normalized spacial score (nSPS) is 14.2. The molecule has 0 fully saturated rings. The van der Waals surface area contributed by atoms with E-state index in [2.05, 4.69) is 15.9 Å². The highest BCUT2D eigenvalue weighted by Gasteiger charge is 2.23. The van der Waals surface area contributed by atoms with Gasteiger partial charge in [0.1, 0.15) is 5.75 Å². The number of hydrogen-bond acceptors (Lipinski definition) is 5. The second-order valence-corrected chi connectivity index (χ2v) is 8.87. The number of rotatable bonds is 12. The highest BCUT2D eigenvalue weighted by Crippen LogP contribution is 2.39. The summed E-state index contributed by atoms with van der Waals surface area (Å²) in [5, 5.41) is 1.08. The van der Waals surface area contributed by atoms with Crippen LogP contribution < -0.4 is 18.9 Å². The molecule has 0 spiro atoms. The Labute approximate surface area is 205 Å². The van der Waals surface area contributed by atoms with Crippen LogP contribution in [0.3, 0.4) is 0 Å². The minimum Gasteiger partial charge on any atom is -0.494 e. The molecular weight excluding hydrogens is 484 g/mol. The van der Waals surface area contributed by atoms with Crippen molar-refractivity contribution in [3.63, 3.8) is 0 Å². The van der Waals surface area contributed by atoms with E-state index in [9.17, 15) is 4.79 Å². The predicted octanol–water partition coefficient (Wildman–Crippen LogP) is 6.65. The van der Waals surface area contributed by atoms with Crippen LogP contribution in [-0.4, -0.2) is 39.0 Å². The predicted molar refractivity (Wildman–Crippen MR) is 136 cm³/mol. The first-order valence-electron chi connectivity index (χ1n) is 11.5. The smallest absolute Gasteiger partial charge is 0.203 e. The second kappa shape index (κ2) is 12.7. The van der Waals surface area contributed by atoms with Gasteiger partial charge in [0.25, 0.3) is 0 Å². The van der Waals surface area contributed by atoms with Crippen LogP contribution in [0.5, 0.6) is 23.0 Å². The molecule has 33 heavy (non-hydrogen) atoms. The van der Waals surface area contributed by atoms with Crippen molar-refractivity contribution < 1.29 is 23.7 Å². The van der Waals surface area contributed by atoms with Gasteiger partial charge in [0, 0.05) is 16.5 Å². The van der Waals surface area contributed by atoms with Crippen molar-refractivity contribution in [1.82, 2.24) is 0 Å². The van der Waals surface area contributed by atoms with Crippen LogP contribution in [0, 0.1) is 0 Å². The standard InChI is InChI=1S/C27H33BrO5/c1-30-24-16-19(17-25(31-2)27(24)32-3)15-21-10-9-20-18-22(11-12-23(20)26(21)29)33-14-8-6-4-5-7-13-28/h11-12,15-18H,4-10,13-14H2,1-3H3/b21-15+. The highest BCUT2D eigenvalue weighted by molar-refractivity contribution is 9.09. The number of carbonyl (C=O) groups is 1. The van der Waals surface area contributed by atoms with Gasteiger partial charge in [0.15, 0.2) is 17.3 Å². The molecule has 0 saturated carbocycles. The summed E-state index contributed by atoms with van der Waals surface area (Å²) in [5.41, 5.74) is 3.42. The molecule has 6 heteroatoms. The fourth-order valence-corrected chi connectivity index (χ4v) is 4.48. The summed E-state index contributed by atoms with van der Waals surface area (Å²) in [7, 11) is 4.74. The third kappa shape index (κ3) is 6.53. The summed E-state index contributed by atoms with van der Waals surface area (Å²) in [6.07, 6.45) is 9.38. The van der Waals surface area contributed by atoms with Gasteiger partial charge in [0.2, 0.25) is 5.75 Å². The molecule has 0 radical (unpaired) electrons. The first kappa shape index (κ1) is 25.2. The average molecular weight is 517 g/mol. The summed E-state index contributed by atoms with van der Waals surface area (Å²) in [6.45, 7) is 0.716. The van der Waals surface area contributed by atoms with E-state index in [0.717, 1.165) is 46.2 Å². The first-order valence-corrected chi connectivity index (χ1v) is 12.6. The zero-order valence-corrected chi connectivity index (χ0v) is 21.3. The molecule has 0 amide bonds. The van der Waals surface area contributed by atoms with Crippen LogP contribution >= 0.6 is 15.9 Å². The fourth-order valence-electron chi connectivity index (χ4n) is 4.08. The van der Waals surface area contributed by atoms with Gasteiger partial charge < -0.3 is 18.9 Å². The molecule has 0 aliphatic heterocycles. The van der Waals surface area contributed by atoms with Crippen molar-refractivity contribution in [1.29, 1.82) is 0 Å². The lowest BCUT2D eigenvalue weighted by molar-refractivity contribution is 0.102.